The molecule has 188 valence electrons. The molecule has 0 saturated carbocycles. The number of carbonyl (C=O) groups is 1. The Kier molecular flexibility index (Phi) is 7.87. The van der Waals surface area contributed by atoms with Crippen LogP contribution in [0.15, 0.2) is 75.1 Å². The van der Waals surface area contributed by atoms with Crippen molar-refractivity contribution >= 4 is 16.9 Å². The summed E-state index contributed by atoms with van der Waals surface area (Å²) in [6, 6.07) is 7.22. The molecule has 2 N–H and O–H groups in total. The monoisotopic (exact) mass is 494 g/mol. The molecule has 3 rings (SSSR count). The van der Waals surface area contributed by atoms with Crippen LogP contribution in [0.1, 0.15) is 55.6 Å². The molecule has 0 aliphatic carbocycles. The number of pyridine rings is 1. The van der Waals surface area contributed by atoms with Gasteiger partial charge in [-0.1, -0.05) is 30.4 Å². The van der Waals surface area contributed by atoms with Crippen molar-refractivity contribution < 1.29 is 23.1 Å². The van der Waals surface area contributed by atoms with Crippen LogP contribution in [-0.4, -0.2) is 16.1 Å². The van der Waals surface area contributed by atoms with Crippen molar-refractivity contribution in [2.45, 2.75) is 47.1 Å². The molecule has 0 spiro atoms. The predicted molar refractivity (Wildman–Crippen MR) is 136 cm³/mol. The number of alkyl halides is 2. The van der Waals surface area contributed by atoms with Crippen LogP contribution in [0, 0.1) is 13.8 Å². The van der Waals surface area contributed by atoms with Gasteiger partial charge in [0.1, 0.15) is 17.0 Å². The Balaban J connectivity index is 2.22. The summed E-state index contributed by atoms with van der Waals surface area (Å²) in [6.07, 6.45) is 0.556. The van der Waals surface area contributed by atoms with E-state index in [2.05, 4.69) is 16.9 Å². The summed E-state index contributed by atoms with van der Waals surface area (Å²) >= 11 is 0. The van der Waals surface area contributed by atoms with E-state index in [1.807, 2.05) is 19.9 Å². The normalized spacial score (nSPS) is 13.2. The van der Waals surface area contributed by atoms with Gasteiger partial charge in [-0.15, -0.1) is 0 Å². The zero-order chi connectivity index (χ0) is 26.7. The number of aryl methyl sites for hydroxylation is 1. The molecule has 0 aliphatic rings. The van der Waals surface area contributed by atoms with Crippen molar-refractivity contribution in [3.63, 3.8) is 0 Å². The molecule has 8 heteroatoms. The van der Waals surface area contributed by atoms with Gasteiger partial charge in [-0.05, 0) is 64.5 Å². The minimum atomic E-state index is -2.77. The summed E-state index contributed by atoms with van der Waals surface area (Å²) in [6.45, 7) is 12.3. The molecule has 0 saturated heterocycles. The van der Waals surface area contributed by atoms with E-state index in [-0.39, 0.29) is 33.6 Å². The quantitative estimate of drug-likeness (QED) is 0.272. The number of aliphatic carboxylic acids is 1. The fourth-order valence-electron chi connectivity index (χ4n) is 3.77. The number of allylic oxidation sites excluding steroid dienone is 3. The minimum Gasteiger partial charge on any atom is -0.478 e. The van der Waals surface area contributed by atoms with Gasteiger partial charge in [-0.2, -0.15) is 0 Å². The lowest BCUT2D eigenvalue weighted by Gasteiger charge is -2.20. The lowest BCUT2D eigenvalue weighted by Crippen LogP contribution is -2.21. The Morgan fingerprint density at radius 2 is 1.89 bits per heavy atom. The lowest BCUT2D eigenvalue weighted by molar-refractivity contribution is -0.132. The van der Waals surface area contributed by atoms with Crippen molar-refractivity contribution in [2.75, 3.05) is 0 Å². The van der Waals surface area contributed by atoms with Crippen LogP contribution < -0.4 is 10.7 Å². The fraction of sp³-hybridized carbons (Fsp3) is 0.250. The molecular weight excluding hydrogens is 466 g/mol. The van der Waals surface area contributed by atoms with Gasteiger partial charge in [-0.3, -0.25) is 4.79 Å². The minimum absolute atomic E-state index is 0.0994. The molecular formula is C28H28F2N2O4. The van der Waals surface area contributed by atoms with Gasteiger partial charge in [0.05, 0.1) is 17.0 Å². The highest BCUT2D eigenvalue weighted by Crippen LogP contribution is 2.31. The topological polar surface area (TPSA) is 92.4 Å². The Morgan fingerprint density at radius 1 is 1.19 bits per heavy atom. The van der Waals surface area contributed by atoms with E-state index in [0.717, 1.165) is 11.1 Å². The van der Waals surface area contributed by atoms with Crippen molar-refractivity contribution in [2.24, 2.45) is 0 Å². The first-order valence-electron chi connectivity index (χ1n) is 11.3. The highest BCUT2D eigenvalue weighted by molar-refractivity contribution is 5.87. The van der Waals surface area contributed by atoms with Crippen molar-refractivity contribution in [3.05, 3.63) is 98.5 Å². The lowest BCUT2D eigenvalue weighted by atomic mass is 9.99. The number of rotatable bonds is 8. The van der Waals surface area contributed by atoms with Crippen molar-refractivity contribution in [3.8, 4) is 11.5 Å². The smallest absolute Gasteiger partial charge is 0.333 e. The number of nitrogens with zero attached hydrogens (tertiary/aromatic N) is 1. The number of carboxylic acid groups (broad SMARTS) is 1. The zero-order valence-corrected chi connectivity index (χ0v) is 20.8. The Labute approximate surface area is 207 Å². The number of hydrogen-bond donors (Lipinski definition) is 2. The van der Waals surface area contributed by atoms with E-state index in [1.54, 1.807) is 32.1 Å². The summed E-state index contributed by atoms with van der Waals surface area (Å²) in [5.41, 5.74) is 2.56. The third kappa shape index (κ3) is 5.59. The average molecular weight is 495 g/mol. The summed E-state index contributed by atoms with van der Waals surface area (Å²) < 4.78 is 32.7. The highest BCUT2D eigenvalue weighted by atomic mass is 19.3. The molecule has 3 aromatic rings. The van der Waals surface area contributed by atoms with E-state index in [1.165, 1.54) is 25.1 Å². The van der Waals surface area contributed by atoms with Crippen LogP contribution in [0.2, 0.25) is 0 Å². The number of carboxylic acids is 1. The molecule has 36 heavy (non-hydrogen) atoms. The van der Waals surface area contributed by atoms with Crippen LogP contribution in [0.25, 0.3) is 22.4 Å². The first kappa shape index (κ1) is 26.5. The average Bonchev–Trinajstić information content (AvgIpc) is 2.83. The maximum absolute atomic E-state index is 13.3. The van der Waals surface area contributed by atoms with Crippen molar-refractivity contribution in [1.82, 2.24) is 10.3 Å². The van der Waals surface area contributed by atoms with Gasteiger partial charge in [-0.25, -0.2) is 18.6 Å². The van der Waals surface area contributed by atoms with Crippen LogP contribution in [0.5, 0.6) is 0 Å². The molecule has 2 heterocycles. The molecule has 0 radical (unpaired) electrons. The standard InChI is InChI=1S/C28H28F2N2O4/c1-14(2)10-11-21(16(4)28(34)35)31-18(6)19-12-15(3)13-20-24(33)17(5)25(36-26(19)20)22-8-7-9-23(32-22)27(29)30/h7-13,18,27,31H,1H2,2-6H3,(H,34,35)/b11-10-,21-16-. The maximum atomic E-state index is 13.3. The van der Waals surface area contributed by atoms with Gasteiger partial charge in [0, 0.05) is 16.8 Å². The third-order valence-corrected chi connectivity index (χ3v) is 5.72. The Bertz CT molecular complexity index is 1470. The molecule has 2 aromatic heterocycles. The van der Waals surface area contributed by atoms with E-state index >= 15 is 0 Å². The maximum Gasteiger partial charge on any atom is 0.333 e. The Hall–Kier alpha value is -4.07. The largest absolute Gasteiger partial charge is 0.478 e. The van der Waals surface area contributed by atoms with E-state index in [9.17, 15) is 23.5 Å². The molecule has 6 nitrogen and oxygen atoms in total. The number of hydrogen-bond acceptors (Lipinski definition) is 5. The van der Waals surface area contributed by atoms with Gasteiger partial charge in [0.2, 0.25) is 0 Å². The second-order valence-corrected chi connectivity index (χ2v) is 8.75. The summed E-state index contributed by atoms with van der Waals surface area (Å²) in [7, 11) is 0. The van der Waals surface area contributed by atoms with E-state index in [4.69, 9.17) is 4.42 Å². The molecule has 0 amide bonds. The van der Waals surface area contributed by atoms with Gasteiger partial charge >= 0.3 is 5.97 Å². The molecule has 1 atom stereocenters. The van der Waals surface area contributed by atoms with Gasteiger partial charge < -0.3 is 14.8 Å². The highest BCUT2D eigenvalue weighted by Gasteiger charge is 2.21. The zero-order valence-electron chi connectivity index (χ0n) is 20.8. The molecule has 1 unspecified atom stereocenters. The summed E-state index contributed by atoms with van der Waals surface area (Å²) in [5.74, 6) is -0.980. The first-order valence-corrected chi connectivity index (χ1v) is 11.3. The number of benzene rings is 1. The third-order valence-electron chi connectivity index (χ3n) is 5.72. The summed E-state index contributed by atoms with van der Waals surface area (Å²) in [4.78, 5) is 28.9. The fourth-order valence-corrected chi connectivity index (χ4v) is 3.77. The predicted octanol–water partition coefficient (Wildman–Crippen LogP) is 6.55. The molecule has 0 bridgehead atoms. The number of fused-ring (bicyclic) bond motifs is 1. The van der Waals surface area contributed by atoms with Crippen LogP contribution in [0.3, 0.4) is 0 Å². The van der Waals surface area contributed by atoms with Crippen LogP contribution in [-0.2, 0) is 4.79 Å². The Morgan fingerprint density at radius 3 is 2.50 bits per heavy atom. The SMILES string of the molecule is C=C(C)/C=C\C(NC(C)c1cc(C)cc2c(=O)c(C)c(-c3cccc(C(F)F)n3)oc12)=C(/C)C(=O)O. The summed E-state index contributed by atoms with van der Waals surface area (Å²) in [5, 5.41) is 13.1. The van der Waals surface area contributed by atoms with E-state index in [0.29, 0.717) is 16.6 Å². The number of halogens is 2. The number of nitrogens with one attached hydrogen (secondary N) is 1. The van der Waals surface area contributed by atoms with Gasteiger partial charge in [0.25, 0.3) is 6.43 Å². The first-order chi connectivity index (χ1) is 16.9. The molecule has 1 aromatic carbocycles. The van der Waals surface area contributed by atoms with Crippen molar-refractivity contribution in [1.29, 1.82) is 0 Å². The molecule has 0 fully saturated rings. The van der Waals surface area contributed by atoms with Crippen LogP contribution >= 0.6 is 0 Å². The second kappa shape index (κ2) is 10.7. The van der Waals surface area contributed by atoms with Crippen LogP contribution in [0.4, 0.5) is 8.78 Å². The second-order valence-electron chi connectivity index (χ2n) is 8.75. The van der Waals surface area contributed by atoms with E-state index < -0.39 is 24.1 Å². The number of aromatic nitrogens is 1. The molecule has 0 aliphatic heterocycles. The van der Waals surface area contributed by atoms with Gasteiger partial charge in [0.15, 0.2) is 11.2 Å².